The van der Waals surface area contributed by atoms with E-state index in [2.05, 4.69) is 25.5 Å². The smallest absolute Gasteiger partial charge is 0.266 e. The lowest BCUT2D eigenvalue weighted by Crippen LogP contribution is -2.37. The molecule has 0 unspecified atom stereocenters. The summed E-state index contributed by atoms with van der Waals surface area (Å²) in [5.41, 5.74) is 5.51. The van der Waals surface area contributed by atoms with E-state index >= 15 is 0 Å². The molecule has 0 spiro atoms. The molecule has 1 aliphatic heterocycles. The van der Waals surface area contributed by atoms with Gasteiger partial charge in [0, 0.05) is 25.2 Å². The summed E-state index contributed by atoms with van der Waals surface area (Å²) in [5.74, 6) is 1.43. The summed E-state index contributed by atoms with van der Waals surface area (Å²) < 4.78 is 7.11. The Morgan fingerprint density at radius 1 is 1.27 bits per heavy atom. The first-order chi connectivity index (χ1) is 12.7. The van der Waals surface area contributed by atoms with Crippen LogP contribution in [0.5, 0.6) is 0 Å². The molecule has 3 aromatic rings. The van der Waals surface area contributed by atoms with Crippen LogP contribution in [-0.4, -0.2) is 47.1 Å². The maximum Gasteiger partial charge on any atom is 0.266 e. The van der Waals surface area contributed by atoms with E-state index in [-0.39, 0.29) is 5.56 Å². The number of benzene rings is 1. The number of morpholine rings is 1. The lowest BCUT2D eigenvalue weighted by molar-refractivity contribution is 0.122. The number of hydrogen-bond donors (Lipinski definition) is 2. The molecule has 8 heteroatoms. The zero-order valence-electron chi connectivity index (χ0n) is 14.5. The molecular formula is C18H20N6O2. The number of nitrogens with zero attached hydrogens (tertiary/aromatic N) is 4. The van der Waals surface area contributed by atoms with Crippen molar-refractivity contribution < 1.29 is 4.74 Å². The normalized spacial score (nSPS) is 15.0. The second-order valence-corrected chi connectivity index (χ2v) is 6.20. The van der Waals surface area contributed by atoms with Crippen molar-refractivity contribution in [2.24, 2.45) is 5.10 Å². The highest BCUT2D eigenvalue weighted by Crippen LogP contribution is 2.20. The number of rotatable bonds is 4. The molecule has 1 aromatic carbocycles. The van der Waals surface area contributed by atoms with E-state index in [1.807, 2.05) is 37.3 Å². The minimum Gasteiger partial charge on any atom is -0.378 e. The van der Waals surface area contributed by atoms with Gasteiger partial charge in [0.25, 0.3) is 5.56 Å². The number of hydrazone groups is 1. The Balaban J connectivity index is 1.63. The molecule has 2 aromatic heterocycles. The third-order valence-corrected chi connectivity index (χ3v) is 4.21. The fourth-order valence-corrected chi connectivity index (χ4v) is 2.99. The first kappa shape index (κ1) is 16.3. The number of hydrogen-bond acceptors (Lipinski definition) is 6. The highest BCUT2D eigenvalue weighted by atomic mass is 16.5. The zero-order valence-corrected chi connectivity index (χ0v) is 14.5. The van der Waals surface area contributed by atoms with Gasteiger partial charge in [-0.1, -0.05) is 29.8 Å². The summed E-state index contributed by atoms with van der Waals surface area (Å²) in [7, 11) is 0. The maximum absolute atomic E-state index is 11.8. The number of aromatic nitrogens is 3. The minimum absolute atomic E-state index is 0.188. The lowest BCUT2D eigenvalue weighted by atomic mass is 10.2. The quantitative estimate of drug-likeness (QED) is 0.550. The number of H-pyrrole nitrogens is 1. The summed E-state index contributed by atoms with van der Waals surface area (Å²) in [4.78, 5) is 18.4. The Bertz CT molecular complexity index is 1000. The van der Waals surface area contributed by atoms with Crippen molar-refractivity contribution in [3.63, 3.8) is 0 Å². The predicted octanol–water partition coefficient (Wildman–Crippen LogP) is 1.61. The molecule has 0 radical (unpaired) electrons. The number of anilines is 2. The Kier molecular flexibility index (Phi) is 4.40. The van der Waals surface area contributed by atoms with Crippen molar-refractivity contribution in [3.8, 4) is 0 Å². The van der Waals surface area contributed by atoms with E-state index in [4.69, 9.17) is 4.74 Å². The van der Waals surface area contributed by atoms with Crippen molar-refractivity contribution in [2.75, 3.05) is 36.6 Å². The van der Waals surface area contributed by atoms with Gasteiger partial charge in [-0.25, -0.2) is 9.50 Å². The van der Waals surface area contributed by atoms with E-state index in [0.717, 1.165) is 24.5 Å². The minimum atomic E-state index is -0.188. The molecule has 0 aliphatic carbocycles. The number of fused-ring (bicyclic) bond motifs is 1. The van der Waals surface area contributed by atoms with Gasteiger partial charge in [0.15, 0.2) is 11.5 Å². The van der Waals surface area contributed by atoms with Crippen LogP contribution < -0.4 is 15.9 Å². The van der Waals surface area contributed by atoms with Crippen molar-refractivity contribution in [3.05, 3.63) is 57.9 Å². The van der Waals surface area contributed by atoms with Crippen LogP contribution in [0, 0.1) is 6.92 Å². The van der Waals surface area contributed by atoms with Gasteiger partial charge in [0.05, 0.1) is 19.4 Å². The topological polar surface area (TPSA) is 87.0 Å². The summed E-state index contributed by atoms with van der Waals surface area (Å²) in [6.45, 7) is 4.86. The lowest BCUT2D eigenvalue weighted by Gasteiger charge is -2.29. The van der Waals surface area contributed by atoms with Gasteiger partial charge in [0.1, 0.15) is 5.82 Å². The fraction of sp³-hybridized carbons (Fsp3) is 0.278. The number of nitrogens with one attached hydrogen (secondary N) is 2. The van der Waals surface area contributed by atoms with Crippen molar-refractivity contribution in [1.82, 2.24) is 14.6 Å². The van der Waals surface area contributed by atoms with E-state index in [1.54, 1.807) is 10.7 Å². The molecule has 1 saturated heterocycles. The molecule has 2 N–H and O–H groups in total. The van der Waals surface area contributed by atoms with Crippen LogP contribution in [0.4, 0.5) is 11.6 Å². The van der Waals surface area contributed by atoms with Crippen LogP contribution in [-0.2, 0) is 4.74 Å². The first-order valence-corrected chi connectivity index (χ1v) is 8.50. The first-order valence-electron chi connectivity index (χ1n) is 8.50. The summed E-state index contributed by atoms with van der Waals surface area (Å²) in [5, 5.41) is 7.06. The van der Waals surface area contributed by atoms with Crippen molar-refractivity contribution >= 4 is 23.5 Å². The maximum atomic E-state index is 11.8. The van der Waals surface area contributed by atoms with Crippen molar-refractivity contribution in [2.45, 2.75) is 6.92 Å². The SMILES string of the molecule is Cc1cccc(C=NNc2cc(N3CCOCC3)n3[nH]c(=O)cc3n2)c1. The number of ether oxygens (including phenoxy) is 1. The third kappa shape index (κ3) is 3.45. The Morgan fingerprint density at radius 2 is 2.12 bits per heavy atom. The molecule has 4 rings (SSSR count). The van der Waals surface area contributed by atoms with Gasteiger partial charge in [-0.05, 0) is 12.5 Å². The second-order valence-electron chi connectivity index (χ2n) is 6.20. The molecule has 3 heterocycles. The van der Waals surface area contributed by atoms with Gasteiger partial charge < -0.3 is 9.64 Å². The van der Waals surface area contributed by atoms with Crippen molar-refractivity contribution in [1.29, 1.82) is 0 Å². The van der Waals surface area contributed by atoms with Crippen LogP contribution in [0.1, 0.15) is 11.1 Å². The number of aromatic amines is 1. The second kappa shape index (κ2) is 7.01. The predicted molar refractivity (Wildman–Crippen MR) is 101 cm³/mol. The van der Waals surface area contributed by atoms with E-state index < -0.39 is 0 Å². The molecule has 0 atom stereocenters. The highest BCUT2D eigenvalue weighted by Gasteiger charge is 2.16. The highest BCUT2D eigenvalue weighted by molar-refractivity contribution is 5.80. The molecule has 8 nitrogen and oxygen atoms in total. The number of aryl methyl sites for hydroxylation is 1. The van der Waals surface area contributed by atoms with Crippen LogP contribution in [0.2, 0.25) is 0 Å². The molecule has 0 saturated carbocycles. The average molecular weight is 352 g/mol. The monoisotopic (exact) mass is 352 g/mol. The Labute approximate surface area is 150 Å². The van der Waals surface area contributed by atoms with Crippen LogP contribution in [0.15, 0.2) is 46.3 Å². The van der Waals surface area contributed by atoms with Crippen LogP contribution in [0.3, 0.4) is 0 Å². The van der Waals surface area contributed by atoms with Crippen LogP contribution >= 0.6 is 0 Å². The standard InChI is InChI=1S/C18H20N6O2/c1-13-3-2-4-14(9-13)12-19-21-15-10-18(23-5-7-26-8-6-23)24-16(20-15)11-17(25)22-24/h2-4,9-12H,5-8H2,1H3,(H,20,21)(H,22,25). The van der Waals surface area contributed by atoms with Gasteiger partial charge in [-0.2, -0.15) is 5.10 Å². The average Bonchev–Trinajstić information content (AvgIpc) is 3.02. The van der Waals surface area contributed by atoms with E-state index in [0.29, 0.717) is 24.7 Å². The van der Waals surface area contributed by atoms with Gasteiger partial charge >= 0.3 is 0 Å². The van der Waals surface area contributed by atoms with Gasteiger partial charge in [-0.3, -0.25) is 15.3 Å². The third-order valence-electron chi connectivity index (χ3n) is 4.21. The summed E-state index contributed by atoms with van der Waals surface area (Å²) in [6.07, 6.45) is 1.75. The Morgan fingerprint density at radius 3 is 2.92 bits per heavy atom. The van der Waals surface area contributed by atoms with Crippen LogP contribution in [0.25, 0.3) is 5.65 Å². The Hall–Kier alpha value is -3.13. The largest absolute Gasteiger partial charge is 0.378 e. The van der Waals surface area contributed by atoms with Gasteiger partial charge in [0.2, 0.25) is 0 Å². The van der Waals surface area contributed by atoms with Gasteiger partial charge in [-0.15, -0.1) is 0 Å². The van der Waals surface area contributed by atoms with E-state index in [9.17, 15) is 4.79 Å². The summed E-state index contributed by atoms with van der Waals surface area (Å²) >= 11 is 0. The molecule has 0 amide bonds. The molecule has 1 fully saturated rings. The van der Waals surface area contributed by atoms with E-state index in [1.165, 1.54) is 11.6 Å². The molecular weight excluding hydrogens is 332 g/mol. The molecule has 0 bridgehead atoms. The zero-order chi connectivity index (χ0) is 17.9. The molecule has 1 aliphatic rings. The molecule has 134 valence electrons. The molecule has 26 heavy (non-hydrogen) atoms. The summed E-state index contributed by atoms with van der Waals surface area (Å²) in [6, 6.07) is 11.4. The fourth-order valence-electron chi connectivity index (χ4n) is 2.99.